The summed E-state index contributed by atoms with van der Waals surface area (Å²) in [7, 11) is 1.50. The molecule has 0 unspecified atom stereocenters. The first-order valence-corrected chi connectivity index (χ1v) is 6.90. The van der Waals surface area contributed by atoms with Crippen molar-refractivity contribution in [3.05, 3.63) is 5.28 Å². The van der Waals surface area contributed by atoms with Gasteiger partial charge in [0.05, 0.1) is 12.7 Å². The van der Waals surface area contributed by atoms with Crippen LogP contribution in [0.15, 0.2) is 0 Å². The molecule has 1 aromatic heterocycles. The third-order valence-corrected chi connectivity index (χ3v) is 3.19. The fraction of sp³-hybridized carbons (Fsp3) is 0.750. The molecular formula is C12H20ClN5O2. The Morgan fingerprint density at radius 2 is 1.85 bits per heavy atom. The lowest BCUT2D eigenvalue weighted by atomic mass is 10.1. The van der Waals surface area contributed by atoms with Gasteiger partial charge in [0.15, 0.2) is 0 Å². The van der Waals surface area contributed by atoms with Gasteiger partial charge in [-0.3, -0.25) is 4.90 Å². The van der Waals surface area contributed by atoms with Gasteiger partial charge in [-0.15, -0.1) is 0 Å². The number of ether oxygens (including phenoxy) is 1. The summed E-state index contributed by atoms with van der Waals surface area (Å²) in [6, 6.07) is 0.221. The van der Waals surface area contributed by atoms with Gasteiger partial charge in [-0.05, 0) is 25.4 Å². The highest BCUT2D eigenvalue weighted by atomic mass is 35.5. The van der Waals surface area contributed by atoms with Gasteiger partial charge < -0.3 is 14.7 Å². The first-order valence-electron chi connectivity index (χ1n) is 6.52. The fourth-order valence-electron chi connectivity index (χ4n) is 2.21. The van der Waals surface area contributed by atoms with Crippen molar-refractivity contribution in [2.45, 2.75) is 19.4 Å². The number of aliphatic hydroxyl groups is 1. The molecule has 1 aromatic rings. The molecule has 2 rings (SSSR count). The standard InChI is InChI=1S/C12H20ClN5O2/c1-12(2,19)8-17-4-6-18(7-5-17)10-14-9(13)15-11(16-10)20-3/h19H,4-8H2,1-3H3. The molecule has 0 bridgehead atoms. The van der Waals surface area contributed by atoms with Gasteiger partial charge in [-0.25, -0.2) is 0 Å². The smallest absolute Gasteiger partial charge is 0.322 e. The Kier molecular flexibility index (Phi) is 4.62. The second-order valence-corrected chi connectivity index (χ2v) is 5.80. The molecule has 0 radical (unpaired) electrons. The summed E-state index contributed by atoms with van der Waals surface area (Å²) in [6.45, 7) is 7.53. The molecule has 0 atom stereocenters. The quantitative estimate of drug-likeness (QED) is 0.864. The summed E-state index contributed by atoms with van der Waals surface area (Å²) >= 11 is 5.85. The average molecular weight is 302 g/mol. The first-order chi connectivity index (χ1) is 9.37. The van der Waals surface area contributed by atoms with E-state index in [1.807, 2.05) is 18.7 Å². The summed E-state index contributed by atoms with van der Waals surface area (Å²) in [5, 5.41) is 9.97. The van der Waals surface area contributed by atoms with Gasteiger partial charge in [0.2, 0.25) is 11.2 Å². The van der Waals surface area contributed by atoms with Crippen molar-refractivity contribution in [2.75, 3.05) is 44.7 Å². The molecular weight excluding hydrogens is 282 g/mol. The predicted molar refractivity (Wildman–Crippen MR) is 76.3 cm³/mol. The molecule has 20 heavy (non-hydrogen) atoms. The highest BCUT2D eigenvalue weighted by Crippen LogP contribution is 2.17. The minimum atomic E-state index is -0.679. The molecule has 1 N–H and O–H groups in total. The van der Waals surface area contributed by atoms with Crippen LogP contribution in [0.3, 0.4) is 0 Å². The van der Waals surface area contributed by atoms with E-state index in [1.165, 1.54) is 7.11 Å². The van der Waals surface area contributed by atoms with Crippen LogP contribution in [0.2, 0.25) is 5.28 Å². The highest BCUT2D eigenvalue weighted by Gasteiger charge is 2.24. The van der Waals surface area contributed by atoms with E-state index in [2.05, 4.69) is 19.9 Å². The number of hydrogen-bond acceptors (Lipinski definition) is 7. The Morgan fingerprint density at radius 1 is 1.20 bits per heavy atom. The van der Waals surface area contributed by atoms with Gasteiger partial charge in [-0.1, -0.05) is 0 Å². The molecule has 1 saturated heterocycles. The van der Waals surface area contributed by atoms with Crippen molar-refractivity contribution < 1.29 is 9.84 Å². The van der Waals surface area contributed by atoms with Gasteiger partial charge in [0.1, 0.15) is 0 Å². The van der Waals surface area contributed by atoms with Gasteiger partial charge in [0.25, 0.3) is 0 Å². The Balaban J connectivity index is 1.98. The van der Waals surface area contributed by atoms with Crippen molar-refractivity contribution in [2.24, 2.45) is 0 Å². The third kappa shape index (κ3) is 4.16. The van der Waals surface area contributed by atoms with Crippen LogP contribution >= 0.6 is 11.6 Å². The number of aromatic nitrogens is 3. The lowest BCUT2D eigenvalue weighted by Crippen LogP contribution is -2.50. The molecule has 1 aliphatic rings. The molecule has 1 fully saturated rings. The van der Waals surface area contributed by atoms with Crippen LogP contribution in [0.5, 0.6) is 6.01 Å². The number of anilines is 1. The number of rotatable bonds is 4. The first kappa shape index (κ1) is 15.2. The van der Waals surface area contributed by atoms with E-state index >= 15 is 0 Å². The number of piperazine rings is 1. The maximum absolute atomic E-state index is 9.84. The zero-order chi connectivity index (χ0) is 14.8. The maximum atomic E-state index is 9.84. The predicted octanol–water partition coefficient (Wildman–Crippen LogP) is 0.426. The molecule has 1 aliphatic heterocycles. The second-order valence-electron chi connectivity index (χ2n) is 5.47. The molecule has 0 saturated carbocycles. The number of halogens is 1. The van der Waals surface area contributed by atoms with Crippen LogP contribution < -0.4 is 9.64 Å². The van der Waals surface area contributed by atoms with E-state index in [1.54, 1.807) is 0 Å². The molecule has 112 valence electrons. The van der Waals surface area contributed by atoms with E-state index in [0.29, 0.717) is 12.5 Å². The molecule has 2 heterocycles. The van der Waals surface area contributed by atoms with Crippen LogP contribution in [0.1, 0.15) is 13.8 Å². The Labute approximate surface area is 123 Å². The van der Waals surface area contributed by atoms with Gasteiger partial charge in [-0.2, -0.15) is 15.0 Å². The monoisotopic (exact) mass is 301 g/mol. The SMILES string of the molecule is COc1nc(Cl)nc(N2CCN(CC(C)(C)O)CC2)n1. The van der Waals surface area contributed by atoms with E-state index in [-0.39, 0.29) is 11.3 Å². The van der Waals surface area contributed by atoms with E-state index < -0.39 is 5.60 Å². The number of methoxy groups -OCH3 is 1. The van der Waals surface area contributed by atoms with Crippen molar-refractivity contribution in [3.63, 3.8) is 0 Å². The minimum absolute atomic E-state index is 0.130. The van der Waals surface area contributed by atoms with Crippen LogP contribution in [0.4, 0.5) is 5.95 Å². The lowest BCUT2D eigenvalue weighted by molar-refractivity contribution is 0.0344. The third-order valence-electron chi connectivity index (χ3n) is 3.02. The van der Waals surface area contributed by atoms with Crippen LogP contribution in [-0.2, 0) is 0 Å². The van der Waals surface area contributed by atoms with Crippen molar-refractivity contribution in [1.82, 2.24) is 19.9 Å². The average Bonchev–Trinajstić information content (AvgIpc) is 2.37. The molecule has 0 aliphatic carbocycles. The van der Waals surface area contributed by atoms with Crippen molar-refractivity contribution in [1.29, 1.82) is 0 Å². The van der Waals surface area contributed by atoms with Crippen LogP contribution in [0, 0.1) is 0 Å². The fourth-order valence-corrected chi connectivity index (χ4v) is 2.36. The minimum Gasteiger partial charge on any atom is -0.467 e. The largest absolute Gasteiger partial charge is 0.467 e. The van der Waals surface area contributed by atoms with Crippen molar-refractivity contribution in [3.8, 4) is 6.01 Å². The molecule has 7 nitrogen and oxygen atoms in total. The zero-order valence-corrected chi connectivity index (χ0v) is 12.8. The van der Waals surface area contributed by atoms with Gasteiger partial charge >= 0.3 is 6.01 Å². The van der Waals surface area contributed by atoms with Crippen molar-refractivity contribution >= 4 is 17.5 Å². The summed E-state index contributed by atoms with van der Waals surface area (Å²) in [4.78, 5) is 16.4. The number of hydrogen-bond donors (Lipinski definition) is 1. The van der Waals surface area contributed by atoms with Crippen LogP contribution in [0.25, 0.3) is 0 Å². The summed E-state index contributed by atoms with van der Waals surface area (Å²) in [6.07, 6.45) is 0. The highest BCUT2D eigenvalue weighted by molar-refractivity contribution is 6.28. The van der Waals surface area contributed by atoms with Crippen LogP contribution in [-0.4, -0.2) is 70.4 Å². The molecule has 0 amide bonds. The van der Waals surface area contributed by atoms with E-state index in [4.69, 9.17) is 16.3 Å². The Morgan fingerprint density at radius 3 is 2.40 bits per heavy atom. The Bertz CT molecular complexity index is 458. The molecule has 0 aromatic carbocycles. The lowest BCUT2D eigenvalue weighted by Gasteiger charge is -2.37. The number of nitrogens with zero attached hydrogens (tertiary/aromatic N) is 5. The second kappa shape index (κ2) is 6.07. The zero-order valence-electron chi connectivity index (χ0n) is 12.0. The normalized spacial score (nSPS) is 17.4. The van der Waals surface area contributed by atoms with E-state index in [0.717, 1.165) is 26.2 Å². The topological polar surface area (TPSA) is 74.6 Å². The summed E-state index contributed by atoms with van der Waals surface area (Å²) < 4.78 is 5.00. The number of β-amino-alcohol motifs (C(OH)–C–C–N with tert-alkyl or cyclic N) is 1. The molecule has 8 heteroatoms. The van der Waals surface area contributed by atoms with Gasteiger partial charge in [0, 0.05) is 32.7 Å². The van der Waals surface area contributed by atoms with E-state index in [9.17, 15) is 5.11 Å². The summed E-state index contributed by atoms with van der Waals surface area (Å²) in [5.74, 6) is 0.532. The summed E-state index contributed by atoms with van der Waals surface area (Å²) in [5.41, 5.74) is -0.679. The Hall–Kier alpha value is -1.18. The maximum Gasteiger partial charge on any atom is 0.322 e. The molecule has 0 spiro atoms.